The summed E-state index contributed by atoms with van der Waals surface area (Å²) in [6, 6.07) is 8.10. The molecule has 0 bridgehead atoms. The van der Waals surface area contributed by atoms with Crippen LogP contribution in [-0.4, -0.2) is 89.5 Å². The van der Waals surface area contributed by atoms with Crippen molar-refractivity contribution in [3.8, 4) is 22.5 Å². The van der Waals surface area contributed by atoms with Gasteiger partial charge >= 0.3 is 5.97 Å². The number of rotatable bonds is 14. The van der Waals surface area contributed by atoms with Gasteiger partial charge in [0.15, 0.2) is 21.1 Å². The van der Waals surface area contributed by atoms with E-state index in [2.05, 4.69) is 10.6 Å². The lowest BCUT2D eigenvalue weighted by molar-refractivity contribution is 0.0497. The van der Waals surface area contributed by atoms with Crippen LogP contribution < -0.4 is 21.7 Å². The minimum absolute atomic E-state index is 0.0324. The number of aromatic carboxylic acids is 1. The van der Waals surface area contributed by atoms with E-state index in [4.69, 9.17) is 25.0 Å². The van der Waals surface area contributed by atoms with Crippen molar-refractivity contribution in [2.75, 3.05) is 52.3 Å². The molecule has 1 amide bonds. The van der Waals surface area contributed by atoms with Gasteiger partial charge in [0.05, 0.1) is 43.0 Å². The molecule has 0 saturated carbocycles. The van der Waals surface area contributed by atoms with E-state index in [0.717, 1.165) is 18.2 Å². The maximum atomic E-state index is 13.1. The van der Waals surface area contributed by atoms with Crippen LogP contribution in [-0.2, 0) is 29.7 Å². The van der Waals surface area contributed by atoms with Crippen LogP contribution in [0.2, 0.25) is 0 Å². The highest BCUT2D eigenvalue weighted by molar-refractivity contribution is 7.86. The quantitative estimate of drug-likeness (QED) is 0.0431. The van der Waals surface area contributed by atoms with Crippen LogP contribution >= 0.6 is 0 Å². The van der Waals surface area contributed by atoms with Crippen LogP contribution in [0, 0.1) is 5.41 Å². The normalized spacial score (nSPS) is 12.1. The molecule has 2 aromatic rings. The summed E-state index contributed by atoms with van der Waals surface area (Å²) in [7, 11) is -8.53. The average Bonchev–Trinajstić information content (AvgIpc) is 2.97. The summed E-state index contributed by atoms with van der Waals surface area (Å²) >= 11 is 0. The Balaban J connectivity index is 1.87. The van der Waals surface area contributed by atoms with Crippen molar-refractivity contribution in [2.24, 2.45) is 0 Å². The molecule has 0 atom stereocenters. The van der Waals surface area contributed by atoms with Crippen molar-refractivity contribution in [2.45, 2.75) is 9.79 Å². The standard InChI is InChI=1S/C28H30N4O12S2/c1-31-8-10-42-12-13-43-11-9-32-27(33)15-2-3-16(28(34)35)19(14-15)22-17-4-6-20(29)25(45(36,37)38)23(17)44-24-18(22)5-7-21(30)26(24)46(39,40)41/h2-7,14,29,31H,8-13,30H2,1H3,(H,32,33)(H,34,35)(H,36,37,38)(H,39,40,41). The van der Waals surface area contributed by atoms with Crippen LogP contribution in [0.5, 0.6) is 0 Å². The fraction of sp³-hybridized carbons (Fsp3) is 0.250. The number of likely N-dealkylation sites (N-methyl/N-ethyl adjacent to an activating group) is 1. The number of carboxylic acid groups (broad SMARTS) is 1. The Morgan fingerprint density at radius 3 is 2.15 bits per heavy atom. The Morgan fingerprint density at radius 1 is 0.891 bits per heavy atom. The van der Waals surface area contributed by atoms with Crippen LogP contribution in [0.1, 0.15) is 20.7 Å². The number of benzene rings is 3. The molecule has 0 spiro atoms. The Bertz CT molecular complexity index is 2060. The zero-order valence-electron chi connectivity index (χ0n) is 24.2. The van der Waals surface area contributed by atoms with Crippen LogP contribution in [0.3, 0.4) is 0 Å². The highest BCUT2D eigenvalue weighted by atomic mass is 32.2. The molecule has 0 unspecified atom stereocenters. The van der Waals surface area contributed by atoms with Gasteiger partial charge in [-0.1, -0.05) is 0 Å². The summed E-state index contributed by atoms with van der Waals surface area (Å²) in [4.78, 5) is 23.4. The summed E-state index contributed by atoms with van der Waals surface area (Å²) in [5.74, 6) is -2.82. The molecule has 4 rings (SSSR count). The lowest BCUT2D eigenvalue weighted by atomic mass is 9.89. The van der Waals surface area contributed by atoms with E-state index < -0.39 is 64.3 Å². The summed E-state index contributed by atoms with van der Waals surface area (Å²) in [6.07, 6.45) is 0. The van der Waals surface area contributed by atoms with Gasteiger partial charge < -0.3 is 35.4 Å². The Labute approximate surface area is 262 Å². The molecule has 0 aromatic heterocycles. The highest BCUT2D eigenvalue weighted by Gasteiger charge is 2.32. The smallest absolute Gasteiger partial charge is 0.336 e. The van der Waals surface area contributed by atoms with E-state index >= 15 is 0 Å². The van der Waals surface area contributed by atoms with Crippen LogP contribution in [0.4, 0.5) is 5.69 Å². The molecule has 1 aliphatic carbocycles. The Hall–Kier alpha value is -4.43. The molecule has 2 aliphatic rings. The number of anilines is 1. The second-order valence-electron chi connectivity index (χ2n) is 9.76. The molecule has 8 N–H and O–H groups in total. The molecule has 0 fully saturated rings. The molecular formula is C28H30N4O12S2. The van der Waals surface area contributed by atoms with Gasteiger partial charge in [0, 0.05) is 35.2 Å². The zero-order valence-corrected chi connectivity index (χ0v) is 25.8. The van der Waals surface area contributed by atoms with Crippen molar-refractivity contribution in [1.82, 2.24) is 10.6 Å². The molecular weight excluding hydrogens is 648 g/mol. The first-order chi connectivity index (χ1) is 21.7. The molecule has 16 nitrogen and oxygen atoms in total. The first kappa shape index (κ1) is 34.4. The summed E-state index contributed by atoms with van der Waals surface area (Å²) in [5.41, 5.74) is 3.70. The lowest BCUT2D eigenvalue weighted by Crippen LogP contribution is -2.28. The van der Waals surface area contributed by atoms with Crippen molar-refractivity contribution in [3.05, 3.63) is 58.9 Å². The zero-order chi connectivity index (χ0) is 33.8. The maximum Gasteiger partial charge on any atom is 0.336 e. The highest BCUT2D eigenvalue weighted by Crippen LogP contribution is 2.45. The third-order valence-electron chi connectivity index (χ3n) is 6.70. The summed E-state index contributed by atoms with van der Waals surface area (Å²) < 4.78 is 85.9. The van der Waals surface area contributed by atoms with Crippen molar-refractivity contribution >= 4 is 48.8 Å². The van der Waals surface area contributed by atoms with Gasteiger partial charge in [-0.25, -0.2) is 4.79 Å². The minimum atomic E-state index is -5.18. The maximum absolute atomic E-state index is 13.1. The van der Waals surface area contributed by atoms with Gasteiger partial charge in [-0.3, -0.25) is 19.3 Å². The summed E-state index contributed by atoms with van der Waals surface area (Å²) in [6.45, 7) is 2.07. The number of carboxylic acids is 1. The van der Waals surface area contributed by atoms with E-state index in [9.17, 15) is 40.6 Å². The predicted molar refractivity (Wildman–Crippen MR) is 163 cm³/mol. The number of nitrogens with one attached hydrogen (secondary N) is 3. The molecule has 46 heavy (non-hydrogen) atoms. The van der Waals surface area contributed by atoms with Crippen molar-refractivity contribution < 1.29 is 54.5 Å². The lowest BCUT2D eigenvalue weighted by Gasteiger charge is -2.20. The van der Waals surface area contributed by atoms with Gasteiger partial charge in [0.25, 0.3) is 26.1 Å². The molecule has 1 aliphatic heterocycles. The van der Waals surface area contributed by atoms with Gasteiger partial charge in [-0.05, 0) is 55.1 Å². The second kappa shape index (κ2) is 13.9. The molecule has 0 radical (unpaired) electrons. The largest absolute Gasteiger partial charge is 0.478 e. The van der Waals surface area contributed by atoms with Crippen LogP contribution in [0.15, 0.2) is 56.7 Å². The molecule has 0 saturated heterocycles. The SMILES string of the molecule is CNCCOCCOCCNC(=O)c1ccc(C(=O)O)c(-c2c3ccc(=N)c(S(=O)(=O)O)c-3oc3c(S(=O)(=O)O)c(N)ccc23)c1. The summed E-state index contributed by atoms with van der Waals surface area (Å²) in [5, 5.41) is 22.9. The first-order valence-corrected chi connectivity index (χ1v) is 16.3. The number of carbonyl (C=O) groups is 2. The number of carbonyl (C=O) groups excluding carboxylic acids is 1. The van der Waals surface area contributed by atoms with E-state index in [0.29, 0.717) is 19.8 Å². The van der Waals surface area contributed by atoms with Gasteiger partial charge in [-0.15, -0.1) is 0 Å². The van der Waals surface area contributed by atoms with Crippen molar-refractivity contribution in [1.29, 1.82) is 5.41 Å². The molecule has 2 aromatic carbocycles. The predicted octanol–water partition coefficient (Wildman–Crippen LogP) is 1.44. The third kappa shape index (κ3) is 7.34. The third-order valence-corrected chi connectivity index (χ3v) is 8.55. The molecule has 1 heterocycles. The van der Waals surface area contributed by atoms with E-state index in [1.807, 2.05) is 0 Å². The number of nitrogen functional groups attached to an aromatic ring is 1. The van der Waals surface area contributed by atoms with E-state index in [1.54, 1.807) is 7.05 Å². The molecule has 246 valence electrons. The van der Waals surface area contributed by atoms with Gasteiger partial charge in [0.2, 0.25) is 0 Å². The number of hydrogen-bond acceptors (Lipinski definition) is 12. The average molecular weight is 679 g/mol. The van der Waals surface area contributed by atoms with Crippen LogP contribution in [0.25, 0.3) is 33.4 Å². The van der Waals surface area contributed by atoms with E-state index in [1.165, 1.54) is 24.3 Å². The number of nitrogens with two attached hydrogens (primary N) is 1. The monoisotopic (exact) mass is 678 g/mol. The van der Waals surface area contributed by atoms with Crippen molar-refractivity contribution in [3.63, 3.8) is 0 Å². The number of hydrogen-bond donors (Lipinski definition) is 7. The fourth-order valence-electron chi connectivity index (χ4n) is 4.71. The Morgan fingerprint density at radius 2 is 1.54 bits per heavy atom. The topological polar surface area (TPSA) is 269 Å². The Kier molecular flexibility index (Phi) is 10.4. The number of fused-ring (bicyclic) bond motifs is 2. The van der Waals surface area contributed by atoms with E-state index in [-0.39, 0.29) is 53.0 Å². The minimum Gasteiger partial charge on any atom is -0.478 e. The molecule has 18 heteroatoms. The first-order valence-electron chi connectivity index (χ1n) is 13.4. The van der Waals surface area contributed by atoms with Gasteiger partial charge in [-0.2, -0.15) is 16.8 Å². The second-order valence-corrected chi connectivity index (χ2v) is 12.5. The number of ether oxygens (including phenoxy) is 2. The van der Waals surface area contributed by atoms with Gasteiger partial charge in [0.1, 0.15) is 0 Å². The number of amides is 1. The fourth-order valence-corrected chi connectivity index (χ4v) is 6.19.